The Kier molecular flexibility index (Phi) is 5.51. The highest BCUT2D eigenvalue weighted by Gasteiger charge is 2.70. The van der Waals surface area contributed by atoms with E-state index in [1.807, 2.05) is 42.7 Å². The summed E-state index contributed by atoms with van der Waals surface area (Å²) >= 11 is 8.04. The van der Waals surface area contributed by atoms with Crippen molar-refractivity contribution in [3.8, 4) is 0 Å². The van der Waals surface area contributed by atoms with Crippen LogP contribution in [-0.4, -0.2) is 47.2 Å². The molecule has 166 valence electrons. The number of hydrogen-bond donors (Lipinski definition) is 2. The van der Waals surface area contributed by atoms with Crippen LogP contribution in [0.2, 0.25) is 5.02 Å². The Morgan fingerprint density at radius 3 is 2.59 bits per heavy atom. The first kappa shape index (κ1) is 21.5. The van der Waals surface area contributed by atoms with Crippen LogP contribution in [0.25, 0.3) is 0 Å². The zero-order chi connectivity index (χ0) is 22.5. The topological polar surface area (TPSA) is 78.5 Å². The van der Waals surface area contributed by atoms with Crippen molar-refractivity contribution < 1.29 is 14.4 Å². The second kappa shape index (κ2) is 8.21. The zero-order valence-corrected chi connectivity index (χ0v) is 19.2. The lowest BCUT2D eigenvalue weighted by molar-refractivity contribution is -0.142. The van der Waals surface area contributed by atoms with Crippen molar-refractivity contribution in [2.75, 3.05) is 23.9 Å². The quantitative estimate of drug-likeness (QED) is 0.636. The number of carbonyl (C=O) groups is 3. The van der Waals surface area contributed by atoms with Gasteiger partial charge in [0, 0.05) is 18.2 Å². The first-order valence-electron chi connectivity index (χ1n) is 10.7. The first-order chi connectivity index (χ1) is 15.5. The lowest BCUT2D eigenvalue weighted by Gasteiger charge is -2.29. The molecule has 2 saturated heterocycles. The number of halogens is 1. The summed E-state index contributed by atoms with van der Waals surface area (Å²) in [6.45, 7) is 0.310. The Hall–Kier alpha value is -2.35. The second-order valence-electron chi connectivity index (χ2n) is 8.52. The Balaban J connectivity index is 1.53. The highest BCUT2D eigenvalue weighted by Crippen LogP contribution is 2.54. The van der Waals surface area contributed by atoms with Crippen molar-refractivity contribution in [2.45, 2.75) is 24.4 Å². The molecule has 0 aliphatic carbocycles. The molecule has 0 aromatic heterocycles. The Morgan fingerprint density at radius 2 is 1.84 bits per heavy atom. The van der Waals surface area contributed by atoms with E-state index in [0.717, 1.165) is 11.3 Å². The molecule has 2 fully saturated rings. The van der Waals surface area contributed by atoms with E-state index >= 15 is 0 Å². The molecule has 1 spiro atoms. The molecule has 5 rings (SSSR count). The number of rotatable bonds is 6. The maximum atomic E-state index is 13.7. The minimum Gasteiger partial charge on any atom is -0.323 e. The van der Waals surface area contributed by atoms with Crippen LogP contribution in [0.1, 0.15) is 17.5 Å². The summed E-state index contributed by atoms with van der Waals surface area (Å²) in [5.74, 6) is -1.30. The molecule has 3 aliphatic heterocycles. The number of carbonyl (C=O) groups excluding carboxylic acids is 3. The molecule has 2 aromatic rings. The molecular formula is C24H24ClN3O3S. The van der Waals surface area contributed by atoms with Gasteiger partial charge in [-0.1, -0.05) is 54.1 Å². The van der Waals surface area contributed by atoms with E-state index in [2.05, 4.69) is 10.6 Å². The van der Waals surface area contributed by atoms with Gasteiger partial charge in [0.25, 0.3) is 0 Å². The van der Waals surface area contributed by atoms with Gasteiger partial charge >= 0.3 is 0 Å². The normalized spacial score (nSPS) is 28.4. The highest BCUT2D eigenvalue weighted by molar-refractivity contribution is 7.98. The smallest absolute Gasteiger partial charge is 0.250 e. The maximum absolute atomic E-state index is 13.7. The number of likely N-dealkylation sites (tertiary alicyclic amines) is 1. The van der Waals surface area contributed by atoms with Gasteiger partial charge in [-0.3, -0.25) is 24.6 Å². The van der Waals surface area contributed by atoms with Crippen LogP contribution in [0.15, 0.2) is 48.5 Å². The lowest BCUT2D eigenvalue weighted by Crippen LogP contribution is -2.53. The minimum absolute atomic E-state index is 0.185. The van der Waals surface area contributed by atoms with E-state index in [0.29, 0.717) is 35.7 Å². The highest BCUT2D eigenvalue weighted by atomic mass is 35.5. The van der Waals surface area contributed by atoms with Crippen LogP contribution in [0, 0.1) is 11.8 Å². The van der Waals surface area contributed by atoms with Gasteiger partial charge in [0.15, 0.2) is 0 Å². The van der Waals surface area contributed by atoms with E-state index in [1.165, 1.54) is 4.90 Å². The molecule has 0 unspecified atom stereocenters. The van der Waals surface area contributed by atoms with Crippen LogP contribution in [0.5, 0.6) is 0 Å². The molecule has 2 aromatic carbocycles. The number of para-hydroxylation sites is 1. The third kappa shape index (κ3) is 3.10. The largest absolute Gasteiger partial charge is 0.323 e. The van der Waals surface area contributed by atoms with Crippen molar-refractivity contribution in [2.24, 2.45) is 11.8 Å². The Morgan fingerprint density at radius 1 is 1.06 bits per heavy atom. The number of hydrogen-bond acceptors (Lipinski definition) is 5. The van der Waals surface area contributed by atoms with Crippen LogP contribution < -0.4 is 10.6 Å². The zero-order valence-electron chi connectivity index (χ0n) is 17.6. The summed E-state index contributed by atoms with van der Waals surface area (Å²) in [5.41, 5.74) is 0.969. The summed E-state index contributed by atoms with van der Waals surface area (Å²) in [6, 6.07) is 14.8. The number of fused-ring (bicyclic) bond motifs is 4. The average Bonchev–Trinajstić information content (AvgIpc) is 3.38. The predicted molar refractivity (Wildman–Crippen MR) is 126 cm³/mol. The number of benzene rings is 2. The third-order valence-electron chi connectivity index (χ3n) is 6.89. The van der Waals surface area contributed by atoms with Gasteiger partial charge in [0.05, 0.1) is 22.5 Å². The summed E-state index contributed by atoms with van der Waals surface area (Å²) < 4.78 is 0. The monoisotopic (exact) mass is 469 g/mol. The molecule has 4 atom stereocenters. The molecule has 6 nitrogen and oxygen atoms in total. The van der Waals surface area contributed by atoms with Crippen molar-refractivity contribution in [3.63, 3.8) is 0 Å². The molecule has 8 heteroatoms. The fraction of sp³-hybridized carbons (Fsp3) is 0.375. The predicted octanol–water partition coefficient (Wildman–Crippen LogP) is 3.06. The van der Waals surface area contributed by atoms with Crippen LogP contribution in [0.3, 0.4) is 0 Å². The maximum Gasteiger partial charge on any atom is 0.250 e. The standard InChI is InChI=1S/C24H24ClN3O3S/c1-32-13-11-17-18-19(22(30)28(21(18)29)12-10-14-6-3-2-4-7-14)24(27-17)15-8-5-9-16(25)20(15)26-23(24)31/h2-9,17-19,27H,10-13H2,1H3,(H,26,31)/t17-,18+,19-,24+/m0/s1. The average molecular weight is 470 g/mol. The number of anilines is 1. The molecule has 3 amide bonds. The third-order valence-corrected chi connectivity index (χ3v) is 7.85. The molecule has 0 saturated carbocycles. The molecule has 3 aliphatic rings. The van der Waals surface area contributed by atoms with Gasteiger partial charge in [-0.2, -0.15) is 11.8 Å². The van der Waals surface area contributed by atoms with Crippen molar-refractivity contribution >= 4 is 46.8 Å². The fourth-order valence-corrected chi connectivity index (χ4v) is 6.16. The summed E-state index contributed by atoms with van der Waals surface area (Å²) in [5, 5.41) is 6.74. The van der Waals surface area contributed by atoms with Gasteiger partial charge in [0.2, 0.25) is 17.7 Å². The van der Waals surface area contributed by atoms with Gasteiger partial charge in [-0.05, 0) is 36.5 Å². The number of thioether (sulfide) groups is 1. The number of nitrogens with zero attached hydrogens (tertiary/aromatic N) is 1. The van der Waals surface area contributed by atoms with Crippen molar-refractivity contribution in [1.29, 1.82) is 0 Å². The van der Waals surface area contributed by atoms with E-state index < -0.39 is 17.4 Å². The summed E-state index contributed by atoms with van der Waals surface area (Å²) in [7, 11) is 0. The Labute approximate surface area is 196 Å². The molecule has 2 N–H and O–H groups in total. The number of nitrogens with one attached hydrogen (secondary N) is 2. The molecule has 3 heterocycles. The van der Waals surface area contributed by atoms with E-state index in [-0.39, 0.29) is 23.8 Å². The molecule has 0 radical (unpaired) electrons. The summed E-state index contributed by atoms with van der Waals surface area (Å²) in [6.07, 6.45) is 3.29. The van der Waals surface area contributed by atoms with E-state index in [9.17, 15) is 14.4 Å². The lowest BCUT2D eigenvalue weighted by atomic mass is 9.76. The first-order valence-corrected chi connectivity index (χ1v) is 12.5. The van der Waals surface area contributed by atoms with Gasteiger partial charge in [-0.25, -0.2) is 0 Å². The van der Waals surface area contributed by atoms with Crippen LogP contribution in [0.4, 0.5) is 5.69 Å². The van der Waals surface area contributed by atoms with Crippen molar-refractivity contribution in [1.82, 2.24) is 10.2 Å². The van der Waals surface area contributed by atoms with Crippen LogP contribution in [-0.2, 0) is 26.3 Å². The number of amides is 3. The SMILES string of the molecule is CSCC[C@@H]1N[C@@]2(C(=O)Nc3c(Cl)cccc32)[C@@H]2C(=O)N(CCc3ccccc3)C(=O)[C@H]12. The van der Waals surface area contributed by atoms with Gasteiger partial charge < -0.3 is 5.32 Å². The van der Waals surface area contributed by atoms with E-state index in [1.54, 1.807) is 23.9 Å². The molecule has 0 bridgehead atoms. The minimum atomic E-state index is -1.28. The van der Waals surface area contributed by atoms with Gasteiger partial charge in [-0.15, -0.1) is 0 Å². The summed E-state index contributed by atoms with van der Waals surface area (Å²) in [4.78, 5) is 42.0. The molecule has 32 heavy (non-hydrogen) atoms. The number of imide groups is 1. The van der Waals surface area contributed by atoms with Crippen molar-refractivity contribution in [3.05, 3.63) is 64.7 Å². The van der Waals surface area contributed by atoms with Gasteiger partial charge in [0.1, 0.15) is 5.54 Å². The Bertz CT molecular complexity index is 1100. The second-order valence-corrected chi connectivity index (χ2v) is 9.92. The molecular weight excluding hydrogens is 446 g/mol. The van der Waals surface area contributed by atoms with E-state index in [4.69, 9.17) is 11.6 Å². The van der Waals surface area contributed by atoms with Crippen LogP contribution >= 0.6 is 23.4 Å². The fourth-order valence-electron chi connectivity index (χ4n) is 5.45.